The Kier molecular flexibility index (Phi) is 8.44. The van der Waals surface area contributed by atoms with Crippen LogP contribution in [0.2, 0.25) is 0 Å². The summed E-state index contributed by atoms with van der Waals surface area (Å²) in [6.45, 7) is 14.0. The van der Waals surface area contributed by atoms with Gasteiger partial charge in [0.1, 0.15) is 0 Å². The minimum Gasteiger partial charge on any atom is -0.323 e. The molecule has 2 N–H and O–H groups in total. The lowest BCUT2D eigenvalue weighted by atomic mass is 9.48. The minimum atomic E-state index is -0.0415. The number of nitrogens with zero attached hydrogens (tertiary/aromatic N) is 1. The number of hydrogen-bond donors (Lipinski definition) is 1. The van der Waals surface area contributed by atoms with Gasteiger partial charge in [-0.15, -0.1) is 0 Å². The summed E-state index contributed by atoms with van der Waals surface area (Å²) in [5.74, 6) is 0.924. The minimum absolute atomic E-state index is 0.0415. The largest absolute Gasteiger partial charge is 0.323 e. The fourth-order valence-corrected chi connectivity index (χ4v) is 6.53. The number of amides is 1. The predicted molar refractivity (Wildman–Crippen MR) is 129 cm³/mol. The van der Waals surface area contributed by atoms with Crippen molar-refractivity contribution >= 4 is 12.1 Å². The maximum Gasteiger partial charge on any atom is 0.232 e. The standard InChI is InChI=1S/C19H28.C8H16N2O/c1-17(2)10-15-11-18(3,4)14-19(12-15,13-17)16-8-6-5-7-9-16;1-3-5-8(10-6-11)7(9)4-2/h5-9,15H,10-14H2,1-4H3;6-7H,3-5,9H2,1-2H3. The Hall–Kier alpha value is -1.48. The normalized spacial score (nSPS) is 28.1. The van der Waals surface area contributed by atoms with Crippen molar-refractivity contribution in [2.75, 3.05) is 0 Å². The van der Waals surface area contributed by atoms with E-state index in [1.54, 1.807) is 5.56 Å². The highest BCUT2D eigenvalue weighted by Gasteiger charge is 2.51. The zero-order valence-electron chi connectivity index (χ0n) is 20.2. The van der Waals surface area contributed by atoms with E-state index in [4.69, 9.17) is 5.73 Å². The Balaban J connectivity index is 0.000000252. The molecule has 2 saturated carbocycles. The topological polar surface area (TPSA) is 55.5 Å². The smallest absolute Gasteiger partial charge is 0.232 e. The molecule has 1 aromatic carbocycles. The summed E-state index contributed by atoms with van der Waals surface area (Å²) in [6, 6.07) is 11.3. The molecule has 1 aromatic rings. The quantitative estimate of drug-likeness (QED) is 0.418. The second kappa shape index (κ2) is 10.2. The van der Waals surface area contributed by atoms with Crippen LogP contribution >= 0.6 is 0 Å². The van der Waals surface area contributed by atoms with E-state index in [1.165, 1.54) is 32.1 Å². The first-order valence-electron chi connectivity index (χ1n) is 11.9. The molecule has 2 aliphatic rings. The number of rotatable bonds is 6. The van der Waals surface area contributed by atoms with Gasteiger partial charge in [0.2, 0.25) is 6.41 Å². The average molecular weight is 413 g/mol. The van der Waals surface area contributed by atoms with Gasteiger partial charge in [0.05, 0.1) is 0 Å². The first-order valence-corrected chi connectivity index (χ1v) is 11.9. The molecule has 0 saturated heterocycles. The number of nitrogens with two attached hydrogens (primary N) is 1. The van der Waals surface area contributed by atoms with E-state index >= 15 is 0 Å². The summed E-state index contributed by atoms with van der Waals surface area (Å²) in [5.41, 5.74) is 9.58. The molecule has 3 rings (SSSR count). The zero-order chi connectivity index (χ0) is 22.4. The van der Waals surface area contributed by atoms with E-state index in [2.05, 4.69) is 63.0 Å². The number of fused-ring (bicyclic) bond motifs is 2. The van der Waals surface area contributed by atoms with Gasteiger partial charge in [0.15, 0.2) is 0 Å². The lowest BCUT2D eigenvalue weighted by Crippen LogP contribution is -2.48. The first-order chi connectivity index (χ1) is 14.1. The molecule has 0 radical (unpaired) electrons. The van der Waals surface area contributed by atoms with Crippen LogP contribution in [0.15, 0.2) is 35.3 Å². The zero-order valence-corrected chi connectivity index (χ0v) is 20.2. The Morgan fingerprint density at radius 3 is 2.10 bits per heavy atom. The highest BCUT2D eigenvalue weighted by atomic mass is 16.1. The molecule has 0 aliphatic heterocycles. The van der Waals surface area contributed by atoms with Crippen LogP contribution in [0.25, 0.3) is 0 Å². The van der Waals surface area contributed by atoms with Crippen molar-refractivity contribution in [1.82, 2.24) is 0 Å². The third kappa shape index (κ3) is 6.51. The van der Waals surface area contributed by atoms with E-state index in [0.717, 1.165) is 30.9 Å². The van der Waals surface area contributed by atoms with E-state index in [-0.39, 0.29) is 6.04 Å². The van der Waals surface area contributed by atoms with Crippen molar-refractivity contribution < 1.29 is 4.79 Å². The summed E-state index contributed by atoms with van der Waals surface area (Å²) < 4.78 is 0. The molecule has 30 heavy (non-hydrogen) atoms. The summed E-state index contributed by atoms with van der Waals surface area (Å²) in [7, 11) is 0. The summed E-state index contributed by atoms with van der Waals surface area (Å²) in [6.07, 6.45) is 10.2. The fraction of sp³-hybridized carbons (Fsp3) is 0.704. The monoisotopic (exact) mass is 412 g/mol. The van der Waals surface area contributed by atoms with Gasteiger partial charge < -0.3 is 5.73 Å². The second-order valence-corrected chi connectivity index (χ2v) is 11.3. The molecule has 1 amide bonds. The van der Waals surface area contributed by atoms with Crippen molar-refractivity contribution in [1.29, 1.82) is 0 Å². The summed E-state index contributed by atoms with van der Waals surface area (Å²) in [4.78, 5) is 13.8. The van der Waals surface area contributed by atoms with Crippen molar-refractivity contribution in [2.45, 2.75) is 104 Å². The molecule has 168 valence electrons. The van der Waals surface area contributed by atoms with Crippen molar-refractivity contribution in [3.05, 3.63) is 35.9 Å². The molecule has 2 bridgehead atoms. The number of benzene rings is 1. The van der Waals surface area contributed by atoms with Gasteiger partial charge in [0.25, 0.3) is 0 Å². The maximum atomic E-state index is 10.1. The van der Waals surface area contributed by atoms with Crippen LogP contribution in [0.1, 0.15) is 98.5 Å². The molecule has 1 atom stereocenters. The Bertz CT molecular complexity index is 685. The van der Waals surface area contributed by atoms with Crippen LogP contribution in [0, 0.1) is 16.7 Å². The molecule has 2 aliphatic carbocycles. The van der Waals surface area contributed by atoms with Crippen LogP contribution in [-0.4, -0.2) is 18.2 Å². The predicted octanol–water partition coefficient (Wildman–Crippen LogP) is 6.69. The van der Waals surface area contributed by atoms with Gasteiger partial charge in [-0.2, -0.15) is 0 Å². The molecule has 0 aromatic heterocycles. The lowest BCUT2D eigenvalue weighted by Gasteiger charge is -2.57. The molecular formula is C27H44N2O. The molecule has 3 nitrogen and oxygen atoms in total. The van der Waals surface area contributed by atoms with E-state index in [9.17, 15) is 4.79 Å². The molecule has 0 heterocycles. The van der Waals surface area contributed by atoms with Gasteiger partial charge in [-0.25, -0.2) is 4.99 Å². The van der Waals surface area contributed by atoms with Gasteiger partial charge >= 0.3 is 0 Å². The maximum absolute atomic E-state index is 10.1. The third-order valence-corrected chi connectivity index (χ3v) is 6.97. The highest BCUT2D eigenvalue weighted by molar-refractivity contribution is 5.93. The lowest BCUT2D eigenvalue weighted by molar-refractivity contribution is -0.106. The van der Waals surface area contributed by atoms with Crippen molar-refractivity contribution in [3.8, 4) is 0 Å². The third-order valence-electron chi connectivity index (χ3n) is 6.97. The highest BCUT2D eigenvalue weighted by Crippen LogP contribution is 2.60. The van der Waals surface area contributed by atoms with Crippen LogP contribution in [-0.2, 0) is 10.2 Å². The van der Waals surface area contributed by atoms with Gasteiger partial charge in [-0.3, -0.25) is 4.79 Å². The Morgan fingerprint density at radius 2 is 1.63 bits per heavy atom. The Labute approximate surface area is 184 Å². The molecule has 1 unspecified atom stereocenters. The number of hydrogen-bond acceptors (Lipinski definition) is 2. The van der Waals surface area contributed by atoms with E-state index in [0.29, 0.717) is 22.7 Å². The average Bonchev–Trinajstić information content (AvgIpc) is 2.65. The van der Waals surface area contributed by atoms with Crippen LogP contribution in [0.3, 0.4) is 0 Å². The number of carbonyl (C=O) groups is 1. The number of carbonyl (C=O) groups excluding carboxylic acids is 1. The van der Waals surface area contributed by atoms with E-state index < -0.39 is 0 Å². The van der Waals surface area contributed by atoms with Crippen LogP contribution in [0.5, 0.6) is 0 Å². The van der Waals surface area contributed by atoms with Crippen LogP contribution in [0.4, 0.5) is 0 Å². The Morgan fingerprint density at radius 1 is 1.07 bits per heavy atom. The molecular weight excluding hydrogens is 368 g/mol. The van der Waals surface area contributed by atoms with Gasteiger partial charge in [0, 0.05) is 11.8 Å². The summed E-state index contributed by atoms with van der Waals surface area (Å²) >= 11 is 0. The van der Waals surface area contributed by atoms with Crippen molar-refractivity contribution in [3.63, 3.8) is 0 Å². The van der Waals surface area contributed by atoms with E-state index in [1.807, 2.05) is 13.8 Å². The van der Waals surface area contributed by atoms with Crippen LogP contribution < -0.4 is 5.73 Å². The molecule has 0 spiro atoms. The summed E-state index contributed by atoms with van der Waals surface area (Å²) in [5, 5.41) is 0. The van der Waals surface area contributed by atoms with Gasteiger partial charge in [-0.05, 0) is 72.7 Å². The first kappa shape index (κ1) is 24.8. The van der Waals surface area contributed by atoms with Crippen molar-refractivity contribution in [2.24, 2.45) is 27.5 Å². The fourth-order valence-electron chi connectivity index (χ4n) is 6.53. The second-order valence-electron chi connectivity index (χ2n) is 11.3. The molecule has 2 fully saturated rings. The van der Waals surface area contributed by atoms with Gasteiger partial charge in [-0.1, -0.05) is 78.3 Å². The SMILES string of the molecule is CC1(C)CC2CC(C)(C)CC(c3ccccc3)(C2)C1.CCCC(=NC=O)C(N)CC. The number of aliphatic imine (C=N–C) groups is 1. The molecule has 3 heteroatoms.